The Balaban J connectivity index is 1.88. The van der Waals surface area contributed by atoms with Gasteiger partial charge in [-0.05, 0) is 17.7 Å². The summed E-state index contributed by atoms with van der Waals surface area (Å²) in [5, 5.41) is 10.4. The molecule has 1 aromatic carbocycles. The highest BCUT2D eigenvalue weighted by Gasteiger charge is 2.42. The molecule has 0 bridgehead atoms. The first-order chi connectivity index (χ1) is 10.6. The zero-order valence-corrected chi connectivity index (χ0v) is 12.5. The van der Waals surface area contributed by atoms with E-state index in [1.807, 2.05) is 0 Å². The highest BCUT2D eigenvalue weighted by atomic mass is 32.1. The molecule has 0 saturated carbocycles. The van der Waals surface area contributed by atoms with Gasteiger partial charge in [-0.2, -0.15) is 0 Å². The van der Waals surface area contributed by atoms with E-state index in [4.69, 9.17) is 0 Å². The molecule has 0 spiro atoms. The molecule has 114 valence electrons. The molecular weight excluding hydrogens is 307 g/mol. The molecular formula is C14H13FN4O2S. The molecule has 0 unspecified atom stereocenters. The molecule has 1 saturated heterocycles. The van der Waals surface area contributed by atoms with Crippen LogP contribution in [0, 0.1) is 11.7 Å². The minimum Gasteiger partial charge on any atom is -0.338 e. The Morgan fingerprint density at radius 1 is 1.50 bits per heavy atom. The Morgan fingerprint density at radius 2 is 2.32 bits per heavy atom. The van der Waals surface area contributed by atoms with E-state index in [-0.39, 0.29) is 18.2 Å². The van der Waals surface area contributed by atoms with Crippen LogP contribution in [0.15, 0.2) is 29.8 Å². The van der Waals surface area contributed by atoms with Gasteiger partial charge < -0.3 is 10.2 Å². The Hall–Kier alpha value is -2.35. The lowest BCUT2D eigenvalue weighted by Gasteiger charge is -2.24. The number of carbonyl (C=O) groups excluding carboxylic acids is 2. The number of amides is 2. The van der Waals surface area contributed by atoms with Crippen LogP contribution >= 0.6 is 11.3 Å². The van der Waals surface area contributed by atoms with Gasteiger partial charge in [0.2, 0.25) is 16.9 Å². The minimum absolute atomic E-state index is 0.0856. The molecule has 1 aromatic heterocycles. The average Bonchev–Trinajstić information content (AvgIpc) is 3.08. The van der Waals surface area contributed by atoms with E-state index < -0.39 is 17.8 Å². The van der Waals surface area contributed by atoms with Crippen molar-refractivity contribution >= 4 is 28.3 Å². The Bertz CT molecular complexity index is 707. The van der Waals surface area contributed by atoms with E-state index in [1.165, 1.54) is 33.9 Å². The fraction of sp³-hybridized carbons (Fsp3) is 0.286. The summed E-state index contributed by atoms with van der Waals surface area (Å²) in [7, 11) is 1.62. The predicted molar refractivity (Wildman–Crippen MR) is 78.6 cm³/mol. The van der Waals surface area contributed by atoms with E-state index in [1.54, 1.807) is 19.2 Å². The summed E-state index contributed by atoms with van der Waals surface area (Å²) in [4.78, 5) is 25.9. The molecule has 2 heterocycles. The van der Waals surface area contributed by atoms with Crippen molar-refractivity contribution in [3.05, 3.63) is 41.2 Å². The monoisotopic (exact) mass is 320 g/mol. The maximum atomic E-state index is 13.5. The second-order valence-electron chi connectivity index (χ2n) is 5.05. The number of hydrogen-bond donors (Lipinski definition) is 1. The Morgan fingerprint density at radius 3 is 3.00 bits per heavy atom. The van der Waals surface area contributed by atoms with E-state index >= 15 is 0 Å². The first kappa shape index (κ1) is 14.6. The van der Waals surface area contributed by atoms with Crippen LogP contribution in [0.1, 0.15) is 18.0 Å². The van der Waals surface area contributed by atoms with Gasteiger partial charge in [0, 0.05) is 13.5 Å². The Kier molecular flexibility index (Phi) is 3.84. The van der Waals surface area contributed by atoms with Crippen LogP contribution in [0.4, 0.5) is 9.52 Å². The van der Waals surface area contributed by atoms with Gasteiger partial charge in [0.25, 0.3) is 0 Å². The van der Waals surface area contributed by atoms with Crippen LogP contribution < -0.4 is 5.32 Å². The summed E-state index contributed by atoms with van der Waals surface area (Å²) >= 11 is 1.20. The number of aromatic nitrogens is 2. The summed E-state index contributed by atoms with van der Waals surface area (Å²) in [5.74, 6) is -1.45. The van der Waals surface area contributed by atoms with Crippen LogP contribution in [-0.4, -0.2) is 34.0 Å². The topological polar surface area (TPSA) is 75.2 Å². The first-order valence-corrected chi connectivity index (χ1v) is 7.52. The fourth-order valence-electron chi connectivity index (χ4n) is 2.68. The quantitative estimate of drug-likeness (QED) is 0.936. The van der Waals surface area contributed by atoms with E-state index in [0.29, 0.717) is 10.7 Å². The smallest absolute Gasteiger partial charge is 0.232 e. The van der Waals surface area contributed by atoms with Crippen LogP contribution in [0.25, 0.3) is 0 Å². The molecule has 1 N–H and O–H groups in total. The molecule has 2 aromatic rings. The van der Waals surface area contributed by atoms with Crippen molar-refractivity contribution in [3.63, 3.8) is 0 Å². The van der Waals surface area contributed by atoms with Gasteiger partial charge in [0.15, 0.2) is 0 Å². The van der Waals surface area contributed by atoms with Gasteiger partial charge in [-0.25, -0.2) is 4.39 Å². The van der Waals surface area contributed by atoms with Gasteiger partial charge in [-0.3, -0.25) is 9.59 Å². The largest absolute Gasteiger partial charge is 0.338 e. The molecule has 6 nitrogen and oxygen atoms in total. The highest BCUT2D eigenvalue weighted by molar-refractivity contribution is 7.13. The third-order valence-corrected chi connectivity index (χ3v) is 4.31. The summed E-state index contributed by atoms with van der Waals surface area (Å²) in [5.41, 5.74) is 2.11. The Labute approximate surface area is 130 Å². The molecule has 1 aliphatic heterocycles. The molecule has 22 heavy (non-hydrogen) atoms. The zero-order chi connectivity index (χ0) is 15.7. The van der Waals surface area contributed by atoms with Crippen LogP contribution in [0.5, 0.6) is 0 Å². The van der Waals surface area contributed by atoms with Crippen molar-refractivity contribution in [2.24, 2.45) is 5.92 Å². The first-order valence-electron chi connectivity index (χ1n) is 6.64. The number of likely N-dealkylation sites (tertiary alicyclic amines) is 1. The number of anilines is 1. The predicted octanol–water partition coefficient (Wildman–Crippen LogP) is 1.84. The van der Waals surface area contributed by atoms with Gasteiger partial charge in [-0.15, -0.1) is 10.2 Å². The summed E-state index contributed by atoms with van der Waals surface area (Å²) in [6.07, 6.45) is 0.0856. The van der Waals surface area contributed by atoms with Crippen molar-refractivity contribution in [2.75, 3.05) is 12.4 Å². The third kappa shape index (κ3) is 2.69. The maximum Gasteiger partial charge on any atom is 0.232 e. The van der Waals surface area contributed by atoms with Gasteiger partial charge in [-0.1, -0.05) is 23.5 Å². The third-order valence-electron chi connectivity index (χ3n) is 3.70. The maximum absolute atomic E-state index is 13.5. The summed E-state index contributed by atoms with van der Waals surface area (Å²) in [6, 6.07) is 5.48. The molecule has 8 heteroatoms. The standard InChI is InChI=1S/C14H13FN4O2S/c1-19-11(20)6-10(13(21)17-14-18-16-7-22-14)12(19)8-3-2-4-9(15)5-8/h2-5,7,10,12H,6H2,1H3,(H,17,18,21)/t10-,12+/m1/s1. The van der Waals surface area contributed by atoms with Crippen molar-refractivity contribution in [1.82, 2.24) is 15.1 Å². The van der Waals surface area contributed by atoms with Crippen LogP contribution in [0.2, 0.25) is 0 Å². The number of halogens is 1. The van der Waals surface area contributed by atoms with E-state index in [0.717, 1.165) is 0 Å². The molecule has 3 rings (SSSR count). The molecule has 0 aliphatic carbocycles. The van der Waals surface area contributed by atoms with E-state index in [2.05, 4.69) is 15.5 Å². The fourth-order valence-corrected chi connectivity index (χ4v) is 3.12. The number of hydrogen-bond acceptors (Lipinski definition) is 5. The summed E-state index contributed by atoms with van der Waals surface area (Å²) in [6.45, 7) is 0. The molecule has 2 amide bonds. The van der Waals surface area contributed by atoms with Gasteiger partial charge in [0.1, 0.15) is 11.3 Å². The minimum atomic E-state index is -0.594. The summed E-state index contributed by atoms with van der Waals surface area (Å²) < 4.78 is 13.5. The second kappa shape index (κ2) is 5.80. The van der Waals surface area contributed by atoms with Gasteiger partial charge >= 0.3 is 0 Å². The zero-order valence-electron chi connectivity index (χ0n) is 11.7. The normalized spacial score (nSPS) is 21.2. The van der Waals surface area contributed by atoms with Crippen molar-refractivity contribution in [3.8, 4) is 0 Å². The van der Waals surface area contributed by atoms with Crippen molar-refractivity contribution in [2.45, 2.75) is 12.5 Å². The van der Waals surface area contributed by atoms with Crippen LogP contribution in [-0.2, 0) is 9.59 Å². The average molecular weight is 320 g/mol. The molecule has 2 atom stereocenters. The molecule has 1 fully saturated rings. The highest BCUT2D eigenvalue weighted by Crippen LogP contribution is 2.37. The lowest BCUT2D eigenvalue weighted by molar-refractivity contribution is -0.127. The lowest BCUT2D eigenvalue weighted by Crippen LogP contribution is -2.30. The second-order valence-corrected chi connectivity index (χ2v) is 5.88. The van der Waals surface area contributed by atoms with E-state index in [9.17, 15) is 14.0 Å². The SMILES string of the molecule is CN1C(=O)C[C@@H](C(=O)Nc2nncs2)[C@@H]1c1cccc(F)c1. The lowest BCUT2D eigenvalue weighted by atomic mass is 9.93. The molecule has 1 aliphatic rings. The number of benzene rings is 1. The van der Waals surface area contributed by atoms with Crippen LogP contribution in [0.3, 0.4) is 0 Å². The van der Waals surface area contributed by atoms with Gasteiger partial charge in [0.05, 0.1) is 12.0 Å². The van der Waals surface area contributed by atoms with Crippen molar-refractivity contribution < 1.29 is 14.0 Å². The molecule has 0 radical (unpaired) electrons. The van der Waals surface area contributed by atoms with Crippen molar-refractivity contribution in [1.29, 1.82) is 0 Å². The number of rotatable bonds is 3. The number of nitrogens with one attached hydrogen (secondary N) is 1. The number of nitrogens with zero attached hydrogens (tertiary/aromatic N) is 3. The number of carbonyl (C=O) groups is 2.